The highest BCUT2D eigenvalue weighted by molar-refractivity contribution is 7.32. The van der Waals surface area contributed by atoms with Crippen LogP contribution in [0.5, 0.6) is 0 Å². The monoisotopic (exact) mass is 374 g/mol. The Morgan fingerprint density at radius 1 is 1.48 bits per heavy atom. The van der Waals surface area contributed by atoms with E-state index in [1.165, 1.54) is 17.2 Å². The molecule has 1 saturated heterocycles. The number of imidazole rings is 1. The Balaban J connectivity index is 1.95. The average molecular weight is 374 g/mol. The fraction of sp³-hybridized carbons (Fsp3) is 0.615. The smallest absolute Gasteiger partial charge is 0.394 e. The Morgan fingerprint density at radius 3 is 2.88 bits per heavy atom. The van der Waals surface area contributed by atoms with Crippen LogP contribution in [0.2, 0.25) is 0 Å². The summed E-state index contributed by atoms with van der Waals surface area (Å²) in [6.07, 6.45) is -2.80. The summed E-state index contributed by atoms with van der Waals surface area (Å²) >= 11 is 0. The fourth-order valence-electron chi connectivity index (χ4n) is 2.71. The van der Waals surface area contributed by atoms with Gasteiger partial charge in [0.1, 0.15) is 12.4 Å². The summed E-state index contributed by atoms with van der Waals surface area (Å²) in [6, 6.07) is 0.109. The third kappa shape index (κ3) is 3.46. The van der Waals surface area contributed by atoms with E-state index in [0.29, 0.717) is 17.0 Å². The summed E-state index contributed by atoms with van der Waals surface area (Å²) in [5, 5.41) is 12.4. The van der Waals surface area contributed by atoms with Gasteiger partial charge in [-0.15, -0.1) is 9.42 Å². The van der Waals surface area contributed by atoms with E-state index in [0.717, 1.165) is 0 Å². The number of aliphatic hydroxyl groups excluding tert-OH is 1. The third-order valence-corrected chi connectivity index (χ3v) is 4.14. The summed E-state index contributed by atoms with van der Waals surface area (Å²) in [6.45, 7) is 3.31. The maximum atomic E-state index is 14.7. The van der Waals surface area contributed by atoms with Crippen molar-refractivity contribution in [2.24, 2.45) is 0 Å². The number of nitrogens with one attached hydrogen (secondary N) is 1. The summed E-state index contributed by atoms with van der Waals surface area (Å²) in [5.74, 6) is 0.497. The molecule has 3 unspecified atom stereocenters. The van der Waals surface area contributed by atoms with Crippen molar-refractivity contribution in [1.29, 1.82) is 0 Å². The molecule has 2 aromatic heterocycles. The van der Waals surface area contributed by atoms with Gasteiger partial charge in [0.05, 0.1) is 12.9 Å². The standard InChI is InChI=1S/C13H17FN5O5P/c1-6(2)18-11-9-12(16-4-15-11)19(5-17-9)13-8(14)10(24-25(21)22)7(3-20)23-13/h4-8,10,13,20H,3H2,1-2H3,(H-,15,16,18,21,22)/p+1/t7-,8?,10?,13-/m1/s1. The molecule has 0 saturated carbocycles. The first-order valence-corrected chi connectivity index (χ1v) is 8.72. The number of anilines is 1. The molecule has 3 heterocycles. The van der Waals surface area contributed by atoms with Gasteiger partial charge in [-0.05, 0) is 13.8 Å². The van der Waals surface area contributed by atoms with Crippen molar-refractivity contribution in [2.45, 2.75) is 44.5 Å². The highest BCUT2D eigenvalue weighted by atomic mass is 31.1. The minimum atomic E-state index is -3.04. The molecule has 0 radical (unpaired) electrons. The number of alkyl halides is 1. The molecule has 0 aromatic carbocycles. The van der Waals surface area contributed by atoms with Crippen LogP contribution >= 0.6 is 8.25 Å². The maximum absolute atomic E-state index is 14.7. The first kappa shape index (κ1) is 18.0. The first-order valence-electron chi connectivity index (χ1n) is 7.59. The van der Waals surface area contributed by atoms with Gasteiger partial charge >= 0.3 is 8.25 Å². The van der Waals surface area contributed by atoms with Crippen LogP contribution in [0.4, 0.5) is 10.2 Å². The number of aromatic nitrogens is 4. The highest BCUT2D eigenvalue weighted by Gasteiger charge is 2.51. The van der Waals surface area contributed by atoms with E-state index >= 15 is 0 Å². The zero-order valence-electron chi connectivity index (χ0n) is 13.5. The van der Waals surface area contributed by atoms with E-state index in [1.807, 2.05) is 13.8 Å². The third-order valence-electron chi connectivity index (χ3n) is 3.72. The summed E-state index contributed by atoms with van der Waals surface area (Å²) < 4.78 is 37.1. The van der Waals surface area contributed by atoms with Crippen LogP contribution < -0.4 is 5.32 Å². The molecule has 1 aliphatic heterocycles. The van der Waals surface area contributed by atoms with Crippen LogP contribution in [0.3, 0.4) is 0 Å². The topological polar surface area (TPSA) is 132 Å². The number of ether oxygens (including phenoxy) is 1. The quantitative estimate of drug-likeness (QED) is 0.631. The molecular weight excluding hydrogens is 356 g/mol. The Hall–Kier alpha value is -1.78. The van der Waals surface area contributed by atoms with Crippen molar-refractivity contribution < 1.29 is 28.2 Å². The highest BCUT2D eigenvalue weighted by Crippen LogP contribution is 2.38. The van der Waals surface area contributed by atoms with E-state index < -0.39 is 39.5 Å². The molecule has 1 aliphatic rings. The molecule has 25 heavy (non-hydrogen) atoms. The van der Waals surface area contributed by atoms with Crippen LogP contribution in [-0.2, 0) is 13.8 Å². The number of rotatable bonds is 6. The van der Waals surface area contributed by atoms with Crippen molar-refractivity contribution in [2.75, 3.05) is 11.9 Å². The van der Waals surface area contributed by atoms with Gasteiger partial charge in [0.25, 0.3) is 0 Å². The zero-order chi connectivity index (χ0) is 18.1. The molecule has 5 atom stereocenters. The van der Waals surface area contributed by atoms with E-state index in [4.69, 9.17) is 9.63 Å². The van der Waals surface area contributed by atoms with Gasteiger partial charge in [-0.2, -0.15) is 0 Å². The summed E-state index contributed by atoms with van der Waals surface area (Å²) in [5.41, 5.74) is 0.765. The second-order valence-electron chi connectivity index (χ2n) is 5.85. The lowest BCUT2D eigenvalue weighted by atomic mass is 10.1. The number of hydrogen-bond acceptors (Lipinski definition) is 8. The lowest BCUT2D eigenvalue weighted by Gasteiger charge is -2.15. The molecule has 12 heteroatoms. The Labute approximate surface area is 143 Å². The van der Waals surface area contributed by atoms with E-state index in [9.17, 15) is 14.1 Å². The van der Waals surface area contributed by atoms with E-state index in [2.05, 4.69) is 24.8 Å². The average Bonchev–Trinajstić information content (AvgIpc) is 3.09. The van der Waals surface area contributed by atoms with Crippen molar-refractivity contribution in [3.05, 3.63) is 12.7 Å². The second-order valence-corrected chi connectivity index (χ2v) is 6.53. The van der Waals surface area contributed by atoms with Crippen molar-refractivity contribution in [3.63, 3.8) is 0 Å². The van der Waals surface area contributed by atoms with E-state index in [1.54, 1.807) is 0 Å². The molecular formula is C13H18FN5O5P+. The van der Waals surface area contributed by atoms with Crippen LogP contribution in [-0.4, -0.2) is 60.5 Å². The number of fused-ring (bicyclic) bond motifs is 1. The Morgan fingerprint density at radius 2 is 2.24 bits per heavy atom. The first-order chi connectivity index (χ1) is 11.9. The van der Waals surface area contributed by atoms with Crippen molar-refractivity contribution in [3.8, 4) is 0 Å². The second kappa shape index (κ2) is 7.22. The molecule has 3 N–H and O–H groups in total. The molecule has 2 aromatic rings. The molecule has 0 bridgehead atoms. The predicted molar refractivity (Wildman–Crippen MR) is 84.7 cm³/mol. The zero-order valence-corrected chi connectivity index (χ0v) is 14.4. The van der Waals surface area contributed by atoms with Gasteiger partial charge in [-0.3, -0.25) is 4.57 Å². The van der Waals surface area contributed by atoms with Gasteiger partial charge in [0.15, 0.2) is 35.5 Å². The lowest BCUT2D eigenvalue weighted by Crippen LogP contribution is -2.32. The normalized spacial score (nSPS) is 27.2. The largest absolute Gasteiger partial charge is 0.695 e. The van der Waals surface area contributed by atoms with Crippen LogP contribution in [0.15, 0.2) is 12.7 Å². The molecule has 0 amide bonds. The number of hydrogen-bond donors (Lipinski definition) is 3. The van der Waals surface area contributed by atoms with E-state index in [-0.39, 0.29) is 6.04 Å². The van der Waals surface area contributed by atoms with Gasteiger partial charge in [-0.1, -0.05) is 0 Å². The Bertz CT molecular complexity index is 774. The lowest BCUT2D eigenvalue weighted by molar-refractivity contribution is -0.0436. The van der Waals surface area contributed by atoms with Crippen LogP contribution in [0.25, 0.3) is 11.2 Å². The van der Waals surface area contributed by atoms with Gasteiger partial charge in [-0.25, -0.2) is 19.3 Å². The molecule has 10 nitrogen and oxygen atoms in total. The summed E-state index contributed by atoms with van der Waals surface area (Å²) in [7, 11) is -3.04. The fourth-order valence-corrected chi connectivity index (χ4v) is 3.17. The van der Waals surface area contributed by atoms with Gasteiger partial charge in [0.2, 0.25) is 0 Å². The van der Waals surface area contributed by atoms with Crippen LogP contribution in [0, 0.1) is 0 Å². The molecule has 1 fully saturated rings. The maximum Gasteiger partial charge on any atom is 0.695 e. The molecule has 3 rings (SSSR count). The molecule has 0 aliphatic carbocycles. The number of halogens is 1. The molecule has 0 spiro atoms. The Kier molecular flexibility index (Phi) is 5.21. The minimum Gasteiger partial charge on any atom is -0.394 e. The SMILES string of the molecule is CC(C)Nc1ncnc2c1ncn2[C@@H]1O[C@H](CO)C(O[P+](=O)O)C1F. The minimum absolute atomic E-state index is 0.109. The number of aliphatic hydroxyl groups is 1. The van der Waals surface area contributed by atoms with Crippen molar-refractivity contribution >= 4 is 25.2 Å². The molecule has 136 valence electrons. The predicted octanol–water partition coefficient (Wildman–Crippen LogP) is 0.909. The summed E-state index contributed by atoms with van der Waals surface area (Å²) in [4.78, 5) is 21.3. The van der Waals surface area contributed by atoms with Gasteiger partial charge in [0, 0.05) is 10.6 Å². The van der Waals surface area contributed by atoms with Gasteiger partial charge < -0.3 is 15.2 Å². The number of nitrogens with zero attached hydrogens (tertiary/aromatic N) is 4. The van der Waals surface area contributed by atoms with Crippen LogP contribution in [0.1, 0.15) is 20.1 Å². The van der Waals surface area contributed by atoms with Crippen molar-refractivity contribution in [1.82, 2.24) is 19.5 Å².